The molecule has 1 aromatic carbocycles. The summed E-state index contributed by atoms with van der Waals surface area (Å²) < 4.78 is 5.50. The van der Waals surface area contributed by atoms with Crippen molar-refractivity contribution >= 4 is 35.0 Å². The number of rotatable bonds is 5. The third-order valence-electron chi connectivity index (χ3n) is 4.76. The third-order valence-corrected chi connectivity index (χ3v) is 4.76. The molecule has 8 heteroatoms. The molecule has 0 bridgehead atoms. The number of anilines is 2. The molecule has 0 saturated heterocycles. The number of aliphatic imine (C=N–C) groups is 1. The Morgan fingerprint density at radius 1 is 1.10 bits per heavy atom. The molecule has 0 atom stereocenters. The molecule has 4 aromatic rings. The minimum absolute atomic E-state index is 0.401. The summed E-state index contributed by atoms with van der Waals surface area (Å²) in [6, 6.07) is 11.5. The smallest absolute Gasteiger partial charge is 0.230 e. The van der Waals surface area contributed by atoms with Gasteiger partial charge in [-0.05, 0) is 54.8 Å². The van der Waals surface area contributed by atoms with Crippen molar-refractivity contribution in [2.24, 2.45) is 10.7 Å². The van der Waals surface area contributed by atoms with Gasteiger partial charge in [0.15, 0.2) is 11.5 Å². The number of ether oxygens (including phenoxy) is 1. The molecule has 0 radical (unpaired) electrons. The highest BCUT2D eigenvalue weighted by molar-refractivity contribution is 5.90. The van der Waals surface area contributed by atoms with Gasteiger partial charge >= 0.3 is 0 Å². The summed E-state index contributed by atoms with van der Waals surface area (Å²) in [5.74, 6) is 2.32. The van der Waals surface area contributed by atoms with Crippen LogP contribution in [0.5, 0.6) is 5.75 Å². The van der Waals surface area contributed by atoms with Crippen LogP contribution in [0, 0.1) is 13.8 Å². The summed E-state index contributed by atoms with van der Waals surface area (Å²) >= 11 is 0. The molecule has 3 N–H and O–H groups in total. The summed E-state index contributed by atoms with van der Waals surface area (Å²) in [4.78, 5) is 22.1. The molecule has 3 heterocycles. The molecule has 150 valence electrons. The predicted octanol–water partition coefficient (Wildman–Crippen LogP) is 4.07. The van der Waals surface area contributed by atoms with Crippen molar-refractivity contribution in [2.45, 2.75) is 13.8 Å². The quantitative estimate of drug-likeness (QED) is 0.384. The van der Waals surface area contributed by atoms with Gasteiger partial charge in [0.1, 0.15) is 11.6 Å². The molecule has 30 heavy (non-hydrogen) atoms. The Balaban J connectivity index is 1.86. The maximum absolute atomic E-state index is 5.61. The summed E-state index contributed by atoms with van der Waals surface area (Å²) in [5, 5.41) is 3.86. The van der Waals surface area contributed by atoms with Crippen LogP contribution in [0.25, 0.3) is 22.2 Å². The minimum atomic E-state index is 0.401. The lowest BCUT2D eigenvalue weighted by Gasteiger charge is -2.15. The number of fused-ring (bicyclic) bond motifs is 1. The monoisotopic (exact) mass is 399 g/mol. The van der Waals surface area contributed by atoms with Gasteiger partial charge in [0, 0.05) is 23.3 Å². The Bertz CT molecular complexity index is 1240. The van der Waals surface area contributed by atoms with E-state index in [1.807, 2.05) is 50.2 Å². The number of nitrogens with two attached hydrogens (primary N) is 1. The zero-order chi connectivity index (χ0) is 21.1. The van der Waals surface area contributed by atoms with Crippen LogP contribution < -0.4 is 15.8 Å². The zero-order valence-electron chi connectivity index (χ0n) is 16.9. The van der Waals surface area contributed by atoms with Crippen LogP contribution in [-0.4, -0.2) is 33.4 Å². The standard InChI is InChI=1S/C22H21N7O/c1-13-7-8-17(30-3)14(2)19(13)16-10-15-11-25-22(27-18-6-4-5-9-24-18)29-20(15)28-21(16)26-12-23/h4-12H,1-3H3,(H3,23,24,25,26,27,28,29). The van der Waals surface area contributed by atoms with Gasteiger partial charge in [0.05, 0.1) is 13.4 Å². The Kier molecular flexibility index (Phi) is 5.21. The largest absolute Gasteiger partial charge is 0.496 e. The molecule has 0 aliphatic carbocycles. The van der Waals surface area contributed by atoms with E-state index in [2.05, 4.69) is 30.2 Å². The normalized spacial score (nSPS) is 11.2. The lowest BCUT2D eigenvalue weighted by molar-refractivity contribution is 0.412. The highest BCUT2D eigenvalue weighted by Crippen LogP contribution is 2.38. The Morgan fingerprint density at radius 2 is 1.97 bits per heavy atom. The van der Waals surface area contributed by atoms with Crippen molar-refractivity contribution in [1.82, 2.24) is 19.9 Å². The molecule has 4 rings (SSSR count). The van der Waals surface area contributed by atoms with Gasteiger partial charge in [-0.1, -0.05) is 12.1 Å². The molecule has 0 aliphatic heterocycles. The summed E-state index contributed by atoms with van der Waals surface area (Å²) in [7, 11) is 1.66. The van der Waals surface area contributed by atoms with Gasteiger partial charge < -0.3 is 15.8 Å². The first kappa shape index (κ1) is 19.3. The van der Waals surface area contributed by atoms with E-state index in [4.69, 9.17) is 10.5 Å². The van der Waals surface area contributed by atoms with Crippen LogP contribution in [-0.2, 0) is 0 Å². The fraction of sp³-hybridized carbons (Fsp3) is 0.136. The van der Waals surface area contributed by atoms with Crippen LogP contribution in [0.1, 0.15) is 11.1 Å². The summed E-state index contributed by atoms with van der Waals surface area (Å²) in [6.07, 6.45) is 4.66. The second kappa shape index (κ2) is 8.12. The molecule has 0 fully saturated rings. The second-order valence-electron chi connectivity index (χ2n) is 6.67. The highest BCUT2D eigenvalue weighted by Gasteiger charge is 2.16. The predicted molar refractivity (Wildman–Crippen MR) is 119 cm³/mol. The van der Waals surface area contributed by atoms with Crippen LogP contribution in [0.4, 0.5) is 17.6 Å². The van der Waals surface area contributed by atoms with E-state index >= 15 is 0 Å². The first-order valence-electron chi connectivity index (χ1n) is 9.35. The molecule has 0 aliphatic rings. The number of nitrogens with one attached hydrogen (secondary N) is 1. The maximum atomic E-state index is 5.61. The Labute approximate surface area is 173 Å². The molecular weight excluding hydrogens is 378 g/mol. The van der Waals surface area contributed by atoms with Crippen molar-refractivity contribution in [1.29, 1.82) is 0 Å². The first-order chi connectivity index (χ1) is 14.6. The number of hydrogen-bond acceptors (Lipinski definition) is 7. The zero-order valence-corrected chi connectivity index (χ0v) is 16.9. The van der Waals surface area contributed by atoms with Crippen LogP contribution in [0.2, 0.25) is 0 Å². The average Bonchev–Trinajstić information content (AvgIpc) is 2.75. The molecule has 8 nitrogen and oxygen atoms in total. The minimum Gasteiger partial charge on any atom is -0.496 e. The van der Waals surface area contributed by atoms with E-state index in [0.717, 1.165) is 33.4 Å². The fourth-order valence-electron chi connectivity index (χ4n) is 3.38. The van der Waals surface area contributed by atoms with Crippen LogP contribution in [0.3, 0.4) is 0 Å². The summed E-state index contributed by atoms with van der Waals surface area (Å²) in [6.45, 7) is 4.05. The summed E-state index contributed by atoms with van der Waals surface area (Å²) in [5.41, 5.74) is 10.0. The van der Waals surface area contributed by atoms with Gasteiger partial charge in [-0.25, -0.2) is 19.9 Å². The average molecular weight is 399 g/mol. The van der Waals surface area contributed by atoms with Crippen molar-refractivity contribution < 1.29 is 4.74 Å². The molecule has 0 spiro atoms. The molecule has 0 unspecified atom stereocenters. The lowest BCUT2D eigenvalue weighted by Crippen LogP contribution is -2.01. The van der Waals surface area contributed by atoms with E-state index in [1.165, 1.54) is 6.34 Å². The van der Waals surface area contributed by atoms with Crippen LogP contribution in [0.15, 0.2) is 53.8 Å². The van der Waals surface area contributed by atoms with E-state index in [1.54, 1.807) is 19.5 Å². The Hall–Kier alpha value is -4.07. The number of aromatic nitrogens is 4. The molecular formula is C22H21N7O. The number of pyridine rings is 2. The number of hydrogen-bond donors (Lipinski definition) is 2. The van der Waals surface area contributed by atoms with Gasteiger partial charge in [-0.3, -0.25) is 0 Å². The van der Waals surface area contributed by atoms with E-state index in [9.17, 15) is 0 Å². The highest BCUT2D eigenvalue weighted by atomic mass is 16.5. The van der Waals surface area contributed by atoms with Crippen molar-refractivity contribution in [3.05, 3.63) is 59.9 Å². The SMILES string of the molecule is COc1ccc(C)c(-c2cc3cnc(Nc4ccccn4)nc3nc2/N=C\N)c1C. The lowest BCUT2D eigenvalue weighted by atomic mass is 9.95. The third kappa shape index (κ3) is 3.62. The van der Waals surface area contributed by atoms with Crippen molar-refractivity contribution in [3.8, 4) is 16.9 Å². The van der Waals surface area contributed by atoms with Crippen molar-refractivity contribution in [3.63, 3.8) is 0 Å². The van der Waals surface area contributed by atoms with Gasteiger partial charge in [-0.15, -0.1) is 0 Å². The molecule has 0 amide bonds. The van der Waals surface area contributed by atoms with Crippen molar-refractivity contribution in [2.75, 3.05) is 12.4 Å². The number of benzene rings is 1. The maximum Gasteiger partial charge on any atom is 0.230 e. The van der Waals surface area contributed by atoms with E-state index < -0.39 is 0 Å². The second-order valence-corrected chi connectivity index (χ2v) is 6.67. The van der Waals surface area contributed by atoms with Gasteiger partial charge in [0.2, 0.25) is 5.95 Å². The van der Waals surface area contributed by atoms with Gasteiger partial charge in [0.25, 0.3) is 0 Å². The van der Waals surface area contributed by atoms with Gasteiger partial charge in [-0.2, -0.15) is 4.98 Å². The molecule has 0 saturated carbocycles. The Morgan fingerprint density at radius 3 is 2.70 bits per heavy atom. The van der Waals surface area contributed by atoms with E-state index in [0.29, 0.717) is 23.2 Å². The van der Waals surface area contributed by atoms with Crippen LogP contribution >= 0.6 is 0 Å². The first-order valence-corrected chi connectivity index (χ1v) is 9.35. The number of aryl methyl sites for hydroxylation is 1. The molecule has 3 aromatic heterocycles. The fourth-order valence-corrected chi connectivity index (χ4v) is 3.38. The number of methoxy groups -OCH3 is 1. The van der Waals surface area contributed by atoms with E-state index in [-0.39, 0.29) is 0 Å². The number of nitrogens with zero attached hydrogens (tertiary/aromatic N) is 5. The topological polar surface area (TPSA) is 111 Å².